The lowest BCUT2D eigenvalue weighted by Crippen LogP contribution is -2.55. The van der Waals surface area contributed by atoms with Crippen LogP contribution in [0.15, 0.2) is 0 Å². The molecule has 1 N–H and O–H groups in total. The number of nitrogens with zero attached hydrogens (tertiary/aromatic N) is 1. The normalized spacial score (nSPS) is 16.2. The van der Waals surface area contributed by atoms with Crippen LogP contribution in [0.3, 0.4) is 0 Å². The SMILES string of the molecule is CCN(CCC(C)(NC(C)C)C(=O)OC)C(C)COC. The molecule has 0 saturated heterocycles. The summed E-state index contributed by atoms with van der Waals surface area (Å²) in [5.41, 5.74) is -0.650. The molecule has 0 aliphatic rings. The van der Waals surface area contributed by atoms with Crippen molar-refractivity contribution in [3.05, 3.63) is 0 Å². The molecule has 0 aromatic carbocycles. The van der Waals surface area contributed by atoms with Gasteiger partial charge in [0.1, 0.15) is 5.54 Å². The molecular formula is C15H32N2O3. The van der Waals surface area contributed by atoms with Gasteiger partial charge in [-0.2, -0.15) is 0 Å². The molecule has 5 nitrogen and oxygen atoms in total. The third-order valence-corrected chi connectivity index (χ3v) is 3.58. The van der Waals surface area contributed by atoms with Crippen molar-refractivity contribution in [3.63, 3.8) is 0 Å². The van der Waals surface area contributed by atoms with Crippen LogP contribution in [0.5, 0.6) is 0 Å². The first kappa shape index (κ1) is 19.4. The number of esters is 1. The Bertz CT molecular complexity index is 284. The topological polar surface area (TPSA) is 50.8 Å². The van der Waals surface area contributed by atoms with Crippen molar-refractivity contribution in [1.29, 1.82) is 0 Å². The summed E-state index contributed by atoms with van der Waals surface area (Å²) in [7, 11) is 3.15. The van der Waals surface area contributed by atoms with Gasteiger partial charge in [-0.3, -0.25) is 15.0 Å². The third-order valence-electron chi connectivity index (χ3n) is 3.58. The maximum atomic E-state index is 12.0. The number of methoxy groups -OCH3 is 2. The maximum absolute atomic E-state index is 12.0. The van der Waals surface area contributed by atoms with Crippen molar-refractivity contribution in [2.75, 3.05) is 33.9 Å². The number of carbonyl (C=O) groups is 1. The summed E-state index contributed by atoms with van der Waals surface area (Å²) in [5, 5.41) is 3.32. The van der Waals surface area contributed by atoms with E-state index >= 15 is 0 Å². The molecule has 0 radical (unpaired) electrons. The highest BCUT2D eigenvalue weighted by Gasteiger charge is 2.35. The Hall–Kier alpha value is -0.650. The van der Waals surface area contributed by atoms with Gasteiger partial charge in [0.05, 0.1) is 13.7 Å². The van der Waals surface area contributed by atoms with E-state index in [1.54, 1.807) is 7.11 Å². The first-order chi connectivity index (χ1) is 9.30. The molecule has 0 spiro atoms. The second-order valence-electron chi connectivity index (χ2n) is 5.81. The van der Waals surface area contributed by atoms with Crippen molar-refractivity contribution in [1.82, 2.24) is 10.2 Å². The summed E-state index contributed by atoms with van der Waals surface area (Å²) in [6.07, 6.45) is 0.708. The summed E-state index contributed by atoms with van der Waals surface area (Å²) in [6.45, 7) is 12.7. The molecule has 0 aliphatic carbocycles. The Labute approximate surface area is 124 Å². The molecule has 20 heavy (non-hydrogen) atoms. The smallest absolute Gasteiger partial charge is 0.325 e. The highest BCUT2D eigenvalue weighted by Crippen LogP contribution is 2.15. The molecule has 0 amide bonds. The van der Waals surface area contributed by atoms with Gasteiger partial charge in [-0.05, 0) is 40.7 Å². The summed E-state index contributed by atoms with van der Waals surface area (Å²) < 4.78 is 10.1. The van der Waals surface area contributed by atoms with Gasteiger partial charge < -0.3 is 9.47 Å². The van der Waals surface area contributed by atoms with Crippen LogP contribution in [0.4, 0.5) is 0 Å². The zero-order chi connectivity index (χ0) is 15.8. The quantitative estimate of drug-likeness (QED) is 0.620. The van der Waals surface area contributed by atoms with Gasteiger partial charge in [0.15, 0.2) is 0 Å². The Balaban J connectivity index is 4.69. The second kappa shape index (κ2) is 9.32. The minimum atomic E-state index is -0.650. The van der Waals surface area contributed by atoms with Crippen LogP contribution in [0.1, 0.15) is 41.0 Å². The average Bonchev–Trinajstić information content (AvgIpc) is 2.37. The van der Waals surface area contributed by atoms with Gasteiger partial charge >= 0.3 is 5.97 Å². The molecule has 0 saturated carbocycles. The molecule has 2 unspecified atom stereocenters. The highest BCUT2D eigenvalue weighted by atomic mass is 16.5. The van der Waals surface area contributed by atoms with Gasteiger partial charge in [-0.25, -0.2) is 0 Å². The van der Waals surface area contributed by atoms with E-state index in [2.05, 4.69) is 24.1 Å². The molecule has 0 aromatic heterocycles. The lowest BCUT2D eigenvalue weighted by Gasteiger charge is -2.34. The van der Waals surface area contributed by atoms with Crippen LogP contribution in [0.2, 0.25) is 0 Å². The number of carbonyl (C=O) groups excluding carboxylic acids is 1. The average molecular weight is 288 g/mol. The fourth-order valence-electron chi connectivity index (χ4n) is 2.50. The number of ether oxygens (including phenoxy) is 2. The highest BCUT2D eigenvalue weighted by molar-refractivity contribution is 5.80. The van der Waals surface area contributed by atoms with E-state index in [0.717, 1.165) is 13.1 Å². The maximum Gasteiger partial charge on any atom is 0.325 e. The van der Waals surface area contributed by atoms with Crippen molar-refractivity contribution in [3.8, 4) is 0 Å². The van der Waals surface area contributed by atoms with E-state index in [-0.39, 0.29) is 12.0 Å². The number of nitrogens with one attached hydrogen (secondary N) is 1. The molecule has 5 heteroatoms. The van der Waals surface area contributed by atoms with Crippen molar-refractivity contribution in [2.24, 2.45) is 0 Å². The third kappa shape index (κ3) is 6.20. The Morgan fingerprint density at radius 3 is 2.30 bits per heavy atom. The van der Waals surface area contributed by atoms with Crippen LogP contribution in [0, 0.1) is 0 Å². The molecule has 0 fully saturated rings. The van der Waals surface area contributed by atoms with Crippen LogP contribution in [-0.4, -0.2) is 62.4 Å². The molecule has 0 bridgehead atoms. The second-order valence-corrected chi connectivity index (χ2v) is 5.81. The zero-order valence-corrected chi connectivity index (χ0v) is 14.2. The predicted octanol–water partition coefficient (Wildman–Crippen LogP) is 1.66. The monoisotopic (exact) mass is 288 g/mol. The van der Waals surface area contributed by atoms with Crippen molar-refractivity contribution in [2.45, 2.75) is 58.7 Å². The van der Waals surface area contributed by atoms with Gasteiger partial charge in [0.25, 0.3) is 0 Å². The summed E-state index contributed by atoms with van der Waals surface area (Å²) in [4.78, 5) is 14.3. The fraction of sp³-hybridized carbons (Fsp3) is 0.933. The number of hydrogen-bond acceptors (Lipinski definition) is 5. The number of likely N-dealkylation sites (N-methyl/N-ethyl adjacent to an activating group) is 1. The first-order valence-corrected chi connectivity index (χ1v) is 7.39. The summed E-state index contributed by atoms with van der Waals surface area (Å²) >= 11 is 0. The van der Waals surface area contributed by atoms with Crippen molar-refractivity contribution >= 4 is 5.97 Å². The van der Waals surface area contributed by atoms with Gasteiger partial charge in [-0.1, -0.05) is 6.92 Å². The molecule has 2 atom stereocenters. The van der Waals surface area contributed by atoms with E-state index in [4.69, 9.17) is 9.47 Å². The minimum absolute atomic E-state index is 0.207. The lowest BCUT2D eigenvalue weighted by molar-refractivity contribution is -0.148. The van der Waals surface area contributed by atoms with Crippen LogP contribution in [0.25, 0.3) is 0 Å². The standard InChI is InChI=1S/C15H32N2O3/c1-8-17(13(4)11-19-6)10-9-15(5,14(18)20-7)16-12(2)3/h12-13,16H,8-11H2,1-7H3. The molecular weight excluding hydrogens is 256 g/mol. The molecule has 0 aliphatic heterocycles. The van der Waals surface area contributed by atoms with E-state index in [0.29, 0.717) is 19.1 Å². The number of hydrogen-bond donors (Lipinski definition) is 1. The van der Waals surface area contributed by atoms with E-state index in [1.807, 2.05) is 20.8 Å². The number of rotatable bonds is 10. The minimum Gasteiger partial charge on any atom is -0.468 e. The van der Waals surface area contributed by atoms with E-state index in [9.17, 15) is 4.79 Å². The summed E-state index contributed by atoms with van der Waals surface area (Å²) in [6, 6.07) is 0.566. The van der Waals surface area contributed by atoms with Crippen LogP contribution in [-0.2, 0) is 14.3 Å². The largest absolute Gasteiger partial charge is 0.468 e. The van der Waals surface area contributed by atoms with Crippen molar-refractivity contribution < 1.29 is 14.3 Å². The lowest BCUT2D eigenvalue weighted by atomic mass is 9.96. The zero-order valence-electron chi connectivity index (χ0n) is 14.2. The fourth-order valence-corrected chi connectivity index (χ4v) is 2.50. The Morgan fingerprint density at radius 1 is 1.30 bits per heavy atom. The van der Waals surface area contributed by atoms with E-state index in [1.165, 1.54) is 7.11 Å². The van der Waals surface area contributed by atoms with Gasteiger partial charge in [-0.15, -0.1) is 0 Å². The Morgan fingerprint density at radius 2 is 1.90 bits per heavy atom. The van der Waals surface area contributed by atoms with E-state index < -0.39 is 5.54 Å². The summed E-state index contributed by atoms with van der Waals surface area (Å²) in [5.74, 6) is -0.207. The molecule has 0 aromatic rings. The molecule has 0 heterocycles. The van der Waals surface area contributed by atoms with Gasteiger partial charge in [0, 0.05) is 25.7 Å². The van der Waals surface area contributed by atoms with Crippen LogP contribution < -0.4 is 5.32 Å². The van der Waals surface area contributed by atoms with Gasteiger partial charge in [0.2, 0.25) is 0 Å². The molecule has 0 rings (SSSR count). The van der Waals surface area contributed by atoms with Crippen LogP contribution >= 0.6 is 0 Å². The molecule has 120 valence electrons. The first-order valence-electron chi connectivity index (χ1n) is 7.39. The Kier molecular flexibility index (Phi) is 9.01. The predicted molar refractivity (Wildman–Crippen MR) is 81.9 cm³/mol.